The molecule has 0 bridgehead atoms. The van der Waals surface area contributed by atoms with Crippen LogP contribution in [0.4, 0.5) is 5.69 Å². The average Bonchev–Trinajstić information content (AvgIpc) is 2.57. The second kappa shape index (κ2) is 3.61. The molecule has 4 nitrogen and oxygen atoms in total. The Labute approximate surface area is 86.9 Å². The van der Waals surface area contributed by atoms with Crippen LogP contribution in [0.3, 0.4) is 0 Å². The second-order valence-electron chi connectivity index (χ2n) is 3.42. The minimum absolute atomic E-state index is 0.224. The van der Waals surface area contributed by atoms with Crippen molar-refractivity contribution in [2.75, 3.05) is 11.4 Å². The third-order valence-corrected chi connectivity index (χ3v) is 2.82. The van der Waals surface area contributed by atoms with E-state index < -0.39 is 0 Å². The summed E-state index contributed by atoms with van der Waals surface area (Å²) in [5.41, 5.74) is 0.389. The van der Waals surface area contributed by atoms with Gasteiger partial charge in [-0.25, -0.2) is 5.10 Å². The molecule has 1 aliphatic rings. The maximum Gasteiger partial charge on any atom is 0.285 e. The lowest BCUT2D eigenvalue weighted by atomic mass is 10.2. The van der Waals surface area contributed by atoms with Crippen LogP contribution < -0.4 is 10.5 Å². The summed E-state index contributed by atoms with van der Waals surface area (Å²) in [5.74, 6) is 0. The molecule has 0 amide bonds. The van der Waals surface area contributed by atoms with Crippen molar-refractivity contribution in [3.63, 3.8) is 0 Å². The molecule has 0 aromatic carbocycles. The summed E-state index contributed by atoms with van der Waals surface area (Å²) in [4.78, 5) is 13.3. The Bertz CT molecular complexity index is 390. The number of hydrogen-bond acceptors (Lipinski definition) is 3. The lowest BCUT2D eigenvalue weighted by Crippen LogP contribution is -2.28. The molecule has 1 radical (unpaired) electrons. The first-order chi connectivity index (χ1) is 6.70. The summed E-state index contributed by atoms with van der Waals surface area (Å²) in [6.45, 7) is 2.92. The van der Waals surface area contributed by atoms with Gasteiger partial charge in [-0.1, -0.05) is 11.6 Å². The van der Waals surface area contributed by atoms with Crippen molar-refractivity contribution >= 4 is 17.3 Å². The number of H-pyrrole nitrogens is 1. The molecule has 0 spiro atoms. The highest BCUT2D eigenvalue weighted by atomic mass is 35.5. The Hall–Kier alpha value is -1.03. The fraction of sp³-hybridized carbons (Fsp3) is 0.444. The summed E-state index contributed by atoms with van der Waals surface area (Å²) < 4.78 is 0. The molecule has 2 rings (SSSR count). The monoisotopic (exact) mass is 212 g/mol. The number of hydrogen-bond donors (Lipinski definition) is 1. The molecule has 1 saturated heterocycles. The quantitative estimate of drug-likeness (QED) is 0.762. The van der Waals surface area contributed by atoms with Gasteiger partial charge in [-0.15, -0.1) is 0 Å². The van der Waals surface area contributed by atoms with E-state index in [0.29, 0.717) is 6.04 Å². The molecule has 1 N–H and O–H groups in total. The maximum atomic E-state index is 11.2. The van der Waals surface area contributed by atoms with E-state index in [1.54, 1.807) is 6.20 Å². The Balaban J connectivity index is 2.41. The molecule has 1 fully saturated rings. The van der Waals surface area contributed by atoms with Gasteiger partial charge in [-0.05, 0) is 19.8 Å². The summed E-state index contributed by atoms with van der Waals surface area (Å²) in [6, 6.07) is 0.385. The molecular weight excluding hydrogens is 202 g/mol. The zero-order valence-corrected chi connectivity index (χ0v) is 8.58. The second-order valence-corrected chi connectivity index (χ2v) is 3.80. The van der Waals surface area contributed by atoms with Gasteiger partial charge >= 0.3 is 0 Å². The molecule has 14 heavy (non-hydrogen) atoms. The maximum absolute atomic E-state index is 11.2. The molecule has 1 aromatic rings. The number of nitrogens with one attached hydrogen (secondary N) is 1. The summed E-state index contributed by atoms with van der Waals surface area (Å²) in [5, 5.41) is 6.27. The van der Waals surface area contributed by atoms with Crippen molar-refractivity contribution in [2.45, 2.75) is 19.4 Å². The minimum Gasteiger partial charge on any atom is -0.366 e. The molecule has 1 aliphatic heterocycles. The molecule has 0 aliphatic carbocycles. The van der Waals surface area contributed by atoms with E-state index in [0.717, 1.165) is 18.7 Å². The first-order valence-corrected chi connectivity index (χ1v) is 4.89. The van der Waals surface area contributed by atoms with Crippen LogP contribution in [0.25, 0.3) is 0 Å². The molecular formula is C9H11ClN3O. The van der Waals surface area contributed by atoms with Gasteiger partial charge in [0, 0.05) is 12.6 Å². The number of halogens is 1. The third kappa shape index (κ3) is 1.50. The van der Waals surface area contributed by atoms with Crippen LogP contribution in [0, 0.1) is 6.42 Å². The fourth-order valence-corrected chi connectivity index (χ4v) is 1.87. The Kier molecular flexibility index (Phi) is 2.46. The Morgan fingerprint density at radius 3 is 3.14 bits per heavy atom. The van der Waals surface area contributed by atoms with Crippen LogP contribution >= 0.6 is 11.6 Å². The predicted octanol–water partition coefficient (Wildman–Crippen LogP) is 1.23. The van der Waals surface area contributed by atoms with E-state index in [1.165, 1.54) is 0 Å². The predicted molar refractivity (Wildman–Crippen MR) is 55.6 cm³/mol. The van der Waals surface area contributed by atoms with Crippen LogP contribution in [0.5, 0.6) is 0 Å². The highest BCUT2D eigenvalue weighted by molar-refractivity contribution is 6.33. The number of aromatic amines is 1. The largest absolute Gasteiger partial charge is 0.366 e. The van der Waals surface area contributed by atoms with Crippen molar-refractivity contribution < 1.29 is 0 Å². The molecule has 1 atom stereocenters. The number of nitrogens with zero attached hydrogens (tertiary/aromatic N) is 2. The van der Waals surface area contributed by atoms with Crippen molar-refractivity contribution in [2.24, 2.45) is 0 Å². The van der Waals surface area contributed by atoms with E-state index in [9.17, 15) is 4.79 Å². The molecule has 5 heteroatoms. The number of aromatic nitrogens is 2. The van der Waals surface area contributed by atoms with Gasteiger partial charge in [0.2, 0.25) is 0 Å². The first kappa shape index (κ1) is 9.52. The zero-order valence-electron chi connectivity index (χ0n) is 7.83. The smallest absolute Gasteiger partial charge is 0.285 e. The highest BCUT2D eigenvalue weighted by Gasteiger charge is 2.23. The lowest BCUT2D eigenvalue weighted by molar-refractivity contribution is 0.742. The molecule has 2 heterocycles. The van der Waals surface area contributed by atoms with Crippen LogP contribution in [0.1, 0.15) is 13.3 Å². The van der Waals surface area contributed by atoms with Gasteiger partial charge < -0.3 is 4.90 Å². The SMILES string of the molecule is C[C@H]1C[CH]CN1c1cn[nH]c(=O)c1Cl. The molecule has 0 saturated carbocycles. The van der Waals surface area contributed by atoms with Gasteiger partial charge in [-0.2, -0.15) is 5.10 Å². The fourth-order valence-electron chi connectivity index (χ4n) is 1.67. The van der Waals surface area contributed by atoms with Crippen LogP contribution in [0.2, 0.25) is 5.02 Å². The molecule has 0 unspecified atom stereocenters. The molecule has 1 aromatic heterocycles. The van der Waals surface area contributed by atoms with Crippen LogP contribution in [-0.4, -0.2) is 22.8 Å². The third-order valence-electron chi connectivity index (χ3n) is 2.45. The van der Waals surface area contributed by atoms with Gasteiger partial charge in [0.05, 0.1) is 11.9 Å². The Morgan fingerprint density at radius 2 is 2.50 bits per heavy atom. The zero-order chi connectivity index (χ0) is 10.1. The summed E-state index contributed by atoms with van der Waals surface area (Å²) >= 11 is 5.90. The van der Waals surface area contributed by atoms with Crippen molar-refractivity contribution in [3.05, 3.63) is 28.0 Å². The highest BCUT2D eigenvalue weighted by Crippen LogP contribution is 2.27. The summed E-state index contributed by atoms with van der Waals surface area (Å²) in [7, 11) is 0. The van der Waals surface area contributed by atoms with Crippen LogP contribution in [0.15, 0.2) is 11.0 Å². The van der Waals surface area contributed by atoms with Crippen molar-refractivity contribution in [3.8, 4) is 0 Å². The van der Waals surface area contributed by atoms with Gasteiger partial charge in [0.1, 0.15) is 5.02 Å². The summed E-state index contributed by atoms with van der Waals surface area (Å²) in [6.07, 6.45) is 4.78. The first-order valence-electron chi connectivity index (χ1n) is 4.51. The van der Waals surface area contributed by atoms with E-state index in [4.69, 9.17) is 11.6 Å². The Morgan fingerprint density at radius 1 is 1.71 bits per heavy atom. The number of rotatable bonds is 1. The van der Waals surface area contributed by atoms with Gasteiger partial charge in [-0.3, -0.25) is 4.79 Å². The molecule has 75 valence electrons. The van der Waals surface area contributed by atoms with Crippen LogP contribution in [-0.2, 0) is 0 Å². The van der Waals surface area contributed by atoms with Gasteiger partial charge in [0.25, 0.3) is 5.56 Å². The van der Waals surface area contributed by atoms with Crippen molar-refractivity contribution in [1.82, 2.24) is 10.2 Å². The minimum atomic E-state index is -0.330. The van der Waals surface area contributed by atoms with Gasteiger partial charge in [0.15, 0.2) is 0 Å². The van der Waals surface area contributed by atoms with E-state index in [1.807, 2.05) is 0 Å². The van der Waals surface area contributed by atoms with E-state index in [2.05, 4.69) is 28.4 Å². The topological polar surface area (TPSA) is 49.0 Å². The average molecular weight is 213 g/mol. The normalized spacial score (nSPS) is 21.6. The lowest BCUT2D eigenvalue weighted by Gasteiger charge is -2.23. The van der Waals surface area contributed by atoms with E-state index in [-0.39, 0.29) is 10.6 Å². The van der Waals surface area contributed by atoms with E-state index >= 15 is 0 Å². The standard InChI is InChI=1S/C9H11ClN3O/c1-6-3-2-4-13(6)7-5-11-12-9(14)8(7)10/h2,5-6H,3-4H2,1H3,(H,12,14)/t6-/m0/s1. The van der Waals surface area contributed by atoms with Crippen molar-refractivity contribution in [1.29, 1.82) is 0 Å². The number of anilines is 1.